The van der Waals surface area contributed by atoms with E-state index in [1.807, 2.05) is 42.6 Å². The number of ether oxygens (including phenoxy) is 1. The van der Waals surface area contributed by atoms with Gasteiger partial charge in [0.05, 0.1) is 16.7 Å². The van der Waals surface area contributed by atoms with Crippen molar-refractivity contribution >= 4 is 22.6 Å². The Hall–Kier alpha value is -2.99. The molecule has 1 aliphatic carbocycles. The second-order valence-corrected chi connectivity index (χ2v) is 7.90. The average Bonchev–Trinajstić information content (AvgIpc) is 3.20. The molecule has 4 aromatic rings. The van der Waals surface area contributed by atoms with Gasteiger partial charge in [-0.2, -0.15) is 0 Å². The number of pyridine rings is 1. The molecule has 7 heteroatoms. The van der Waals surface area contributed by atoms with Crippen molar-refractivity contribution in [2.24, 2.45) is 0 Å². The first-order valence-electron chi connectivity index (χ1n) is 9.79. The van der Waals surface area contributed by atoms with Crippen molar-refractivity contribution in [1.82, 2.24) is 24.9 Å². The summed E-state index contributed by atoms with van der Waals surface area (Å²) in [7, 11) is 0. The van der Waals surface area contributed by atoms with Crippen LogP contribution in [0.3, 0.4) is 0 Å². The Labute approximate surface area is 173 Å². The number of aromatic nitrogens is 5. The molecule has 0 saturated heterocycles. The second-order valence-electron chi connectivity index (χ2n) is 7.28. The maximum absolute atomic E-state index is 6.14. The minimum atomic E-state index is 0.150. The van der Waals surface area contributed by atoms with E-state index >= 15 is 0 Å². The third-order valence-corrected chi connectivity index (χ3v) is 5.66. The maximum Gasteiger partial charge on any atom is 0.316 e. The van der Waals surface area contributed by atoms with Crippen LogP contribution in [0.15, 0.2) is 55.0 Å². The molecular weight excluding hydrogens is 386 g/mol. The van der Waals surface area contributed by atoms with Gasteiger partial charge in [-0.3, -0.25) is 4.98 Å². The van der Waals surface area contributed by atoms with Gasteiger partial charge in [-0.05, 0) is 49.9 Å². The summed E-state index contributed by atoms with van der Waals surface area (Å²) in [5.74, 6) is 0.803. The predicted molar refractivity (Wildman–Crippen MR) is 113 cm³/mol. The molecule has 3 heterocycles. The fourth-order valence-corrected chi connectivity index (χ4v) is 3.84. The number of H-pyrrole nitrogens is 1. The smallest absolute Gasteiger partial charge is 0.316 e. The van der Waals surface area contributed by atoms with Crippen LogP contribution < -0.4 is 4.74 Å². The third kappa shape index (κ3) is 3.93. The lowest BCUT2D eigenvalue weighted by molar-refractivity contribution is 0.143. The predicted octanol–water partition coefficient (Wildman–Crippen LogP) is 5.01. The molecule has 0 bridgehead atoms. The Morgan fingerprint density at radius 3 is 2.34 bits per heavy atom. The monoisotopic (exact) mass is 405 g/mol. The largest absolute Gasteiger partial charge is 0.460 e. The van der Waals surface area contributed by atoms with Gasteiger partial charge in [-0.15, -0.1) is 11.6 Å². The number of para-hydroxylation sites is 2. The molecule has 1 aliphatic rings. The lowest BCUT2D eigenvalue weighted by Gasteiger charge is -2.24. The van der Waals surface area contributed by atoms with Crippen molar-refractivity contribution in [3.63, 3.8) is 0 Å². The minimum absolute atomic E-state index is 0.150. The van der Waals surface area contributed by atoms with Crippen LogP contribution in [0.5, 0.6) is 6.01 Å². The molecule has 1 aromatic carbocycles. The topological polar surface area (TPSA) is 76.6 Å². The van der Waals surface area contributed by atoms with Crippen LogP contribution in [-0.4, -0.2) is 36.4 Å². The molecule has 5 rings (SSSR count). The molecule has 1 saturated carbocycles. The molecule has 3 aromatic heterocycles. The standard InChI is InChI=1S/C22H20ClN5O/c23-16-6-8-17(9-7-16)29-22-25-12-15(13-26-22)18-10-5-14(11-24-18)21-27-19-3-1-2-4-20(19)28-21/h1-5,10-13,16-17H,6-9H2,(H,27,28). The van der Waals surface area contributed by atoms with Gasteiger partial charge >= 0.3 is 6.01 Å². The van der Waals surface area contributed by atoms with Crippen LogP contribution in [-0.2, 0) is 0 Å². The van der Waals surface area contributed by atoms with Gasteiger partial charge in [0.1, 0.15) is 11.9 Å². The summed E-state index contributed by atoms with van der Waals surface area (Å²) >= 11 is 6.14. The van der Waals surface area contributed by atoms with Gasteiger partial charge in [-0.1, -0.05) is 12.1 Å². The second kappa shape index (κ2) is 7.79. The van der Waals surface area contributed by atoms with Crippen LogP contribution in [0.2, 0.25) is 0 Å². The number of halogens is 1. The zero-order valence-electron chi connectivity index (χ0n) is 15.8. The normalized spacial score (nSPS) is 19.3. The highest BCUT2D eigenvalue weighted by atomic mass is 35.5. The van der Waals surface area contributed by atoms with E-state index in [-0.39, 0.29) is 11.5 Å². The Balaban J connectivity index is 1.29. The zero-order chi connectivity index (χ0) is 19.6. The van der Waals surface area contributed by atoms with Crippen LogP contribution in [0.25, 0.3) is 33.7 Å². The number of alkyl halides is 1. The van der Waals surface area contributed by atoms with Gasteiger partial charge in [-0.25, -0.2) is 15.0 Å². The molecule has 0 unspecified atom stereocenters. The van der Waals surface area contributed by atoms with Crippen molar-refractivity contribution in [2.45, 2.75) is 37.2 Å². The molecule has 0 amide bonds. The van der Waals surface area contributed by atoms with E-state index in [0.717, 1.165) is 59.4 Å². The molecule has 0 aliphatic heterocycles. The van der Waals surface area contributed by atoms with E-state index in [4.69, 9.17) is 16.3 Å². The van der Waals surface area contributed by atoms with Crippen molar-refractivity contribution in [3.8, 4) is 28.7 Å². The van der Waals surface area contributed by atoms with E-state index in [2.05, 4.69) is 24.9 Å². The Morgan fingerprint density at radius 1 is 0.862 bits per heavy atom. The van der Waals surface area contributed by atoms with Gasteiger partial charge in [0.2, 0.25) is 0 Å². The minimum Gasteiger partial charge on any atom is -0.460 e. The van der Waals surface area contributed by atoms with Gasteiger partial charge in [0.15, 0.2) is 0 Å². The summed E-state index contributed by atoms with van der Waals surface area (Å²) in [5, 5.41) is 0.270. The van der Waals surface area contributed by atoms with Crippen molar-refractivity contribution in [1.29, 1.82) is 0 Å². The molecule has 1 N–H and O–H groups in total. The van der Waals surface area contributed by atoms with Gasteiger partial charge in [0, 0.05) is 35.1 Å². The van der Waals surface area contributed by atoms with Gasteiger partial charge in [0.25, 0.3) is 0 Å². The molecule has 146 valence electrons. The number of benzene rings is 1. The number of hydrogen-bond donors (Lipinski definition) is 1. The highest BCUT2D eigenvalue weighted by Crippen LogP contribution is 2.26. The first kappa shape index (κ1) is 18.1. The Bertz CT molecular complexity index is 1070. The Kier molecular flexibility index (Phi) is 4.86. The van der Waals surface area contributed by atoms with E-state index in [1.165, 1.54) is 0 Å². The fourth-order valence-electron chi connectivity index (χ4n) is 3.59. The molecular formula is C22H20ClN5O. The van der Waals surface area contributed by atoms with Crippen molar-refractivity contribution < 1.29 is 4.74 Å². The summed E-state index contributed by atoms with van der Waals surface area (Å²) in [6.45, 7) is 0. The fraction of sp³-hybridized carbons (Fsp3) is 0.273. The first-order valence-corrected chi connectivity index (χ1v) is 10.2. The summed E-state index contributed by atoms with van der Waals surface area (Å²) in [6.07, 6.45) is 9.31. The van der Waals surface area contributed by atoms with E-state index in [9.17, 15) is 0 Å². The molecule has 0 spiro atoms. The van der Waals surface area contributed by atoms with E-state index < -0.39 is 0 Å². The number of nitrogens with one attached hydrogen (secondary N) is 1. The van der Waals surface area contributed by atoms with Crippen LogP contribution in [0.4, 0.5) is 0 Å². The lowest BCUT2D eigenvalue weighted by atomic mass is 9.97. The van der Waals surface area contributed by atoms with Crippen molar-refractivity contribution in [3.05, 3.63) is 55.0 Å². The van der Waals surface area contributed by atoms with Crippen LogP contribution in [0, 0.1) is 0 Å². The summed E-state index contributed by atoms with van der Waals surface area (Å²) < 4.78 is 5.89. The highest BCUT2D eigenvalue weighted by molar-refractivity contribution is 6.20. The highest BCUT2D eigenvalue weighted by Gasteiger charge is 2.21. The van der Waals surface area contributed by atoms with Crippen LogP contribution in [0.1, 0.15) is 25.7 Å². The summed E-state index contributed by atoms with van der Waals surface area (Å²) in [6, 6.07) is 12.3. The van der Waals surface area contributed by atoms with Crippen LogP contribution >= 0.6 is 11.6 Å². The van der Waals surface area contributed by atoms with E-state index in [0.29, 0.717) is 6.01 Å². The number of rotatable bonds is 4. The van der Waals surface area contributed by atoms with Crippen molar-refractivity contribution in [2.75, 3.05) is 0 Å². The lowest BCUT2D eigenvalue weighted by Crippen LogP contribution is -2.25. The first-order chi connectivity index (χ1) is 14.2. The zero-order valence-corrected chi connectivity index (χ0v) is 16.5. The molecule has 6 nitrogen and oxygen atoms in total. The summed E-state index contributed by atoms with van der Waals surface area (Å²) in [5.41, 5.74) is 4.53. The molecule has 0 radical (unpaired) electrons. The number of nitrogens with zero attached hydrogens (tertiary/aromatic N) is 4. The van der Waals surface area contributed by atoms with Gasteiger partial charge < -0.3 is 9.72 Å². The number of imidazole rings is 1. The quantitative estimate of drug-likeness (QED) is 0.483. The maximum atomic E-state index is 6.14. The number of hydrogen-bond acceptors (Lipinski definition) is 5. The number of fused-ring (bicyclic) bond motifs is 1. The third-order valence-electron chi connectivity index (χ3n) is 5.23. The van der Waals surface area contributed by atoms with E-state index in [1.54, 1.807) is 12.4 Å². The molecule has 0 atom stereocenters. The Morgan fingerprint density at radius 2 is 1.62 bits per heavy atom. The molecule has 29 heavy (non-hydrogen) atoms. The molecule has 1 fully saturated rings. The average molecular weight is 406 g/mol. The number of aromatic amines is 1. The SMILES string of the molecule is ClC1CCC(Oc2ncc(-c3ccc(-c4nc5ccccc5[nH]4)cn3)cn2)CC1. The summed E-state index contributed by atoms with van der Waals surface area (Å²) in [4.78, 5) is 21.2.